The van der Waals surface area contributed by atoms with Gasteiger partial charge in [-0.05, 0) is 25.1 Å². The smallest absolute Gasteiger partial charge is 0.341 e. The van der Waals surface area contributed by atoms with E-state index in [0.717, 1.165) is 4.90 Å². The predicted octanol–water partition coefficient (Wildman–Crippen LogP) is 3.01. The number of hydrogen-bond acceptors (Lipinski definition) is 5. The van der Waals surface area contributed by atoms with Crippen molar-refractivity contribution in [1.29, 1.82) is 0 Å². The molecule has 0 saturated carbocycles. The SMILES string of the molecule is Cc1nc(CSc2cccc(Cl)c2)nc(N)c1C(=O)O. The maximum Gasteiger partial charge on any atom is 0.341 e. The van der Waals surface area contributed by atoms with Crippen LogP contribution in [0.15, 0.2) is 29.2 Å². The van der Waals surface area contributed by atoms with Crippen molar-refractivity contribution in [2.45, 2.75) is 17.6 Å². The number of halogens is 1. The summed E-state index contributed by atoms with van der Waals surface area (Å²) >= 11 is 7.41. The lowest BCUT2D eigenvalue weighted by Gasteiger charge is -2.07. The van der Waals surface area contributed by atoms with E-state index in [4.69, 9.17) is 22.4 Å². The van der Waals surface area contributed by atoms with Crippen molar-refractivity contribution in [2.24, 2.45) is 0 Å². The van der Waals surface area contributed by atoms with Crippen LogP contribution < -0.4 is 5.73 Å². The van der Waals surface area contributed by atoms with Gasteiger partial charge in [-0.3, -0.25) is 0 Å². The van der Waals surface area contributed by atoms with Crippen LogP contribution in [-0.4, -0.2) is 21.0 Å². The van der Waals surface area contributed by atoms with E-state index in [-0.39, 0.29) is 11.4 Å². The van der Waals surface area contributed by atoms with E-state index in [1.807, 2.05) is 18.2 Å². The van der Waals surface area contributed by atoms with Crippen LogP contribution in [0.2, 0.25) is 5.02 Å². The third-order valence-electron chi connectivity index (χ3n) is 2.54. The Kier molecular flexibility index (Phi) is 4.46. The number of nitrogen functional groups attached to an aromatic ring is 1. The van der Waals surface area contributed by atoms with Crippen molar-refractivity contribution in [3.8, 4) is 0 Å². The molecule has 104 valence electrons. The van der Waals surface area contributed by atoms with E-state index in [1.54, 1.807) is 13.0 Å². The standard InChI is InChI=1S/C13H12ClN3O2S/c1-7-11(13(18)19)12(15)17-10(16-7)6-20-9-4-2-3-8(14)5-9/h2-5H,6H2,1H3,(H,18,19)(H2,15,16,17). The molecule has 5 nitrogen and oxygen atoms in total. The van der Waals surface area contributed by atoms with E-state index in [0.29, 0.717) is 22.3 Å². The summed E-state index contributed by atoms with van der Waals surface area (Å²) in [6.45, 7) is 1.61. The Morgan fingerprint density at radius 1 is 1.45 bits per heavy atom. The minimum absolute atomic E-state index is 0.00769. The van der Waals surface area contributed by atoms with Gasteiger partial charge in [-0.1, -0.05) is 17.7 Å². The Bertz CT molecular complexity index is 641. The summed E-state index contributed by atoms with van der Waals surface area (Å²) in [6, 6.07) is 7.43. The number of rotatable bonds is 4. The molecule has 0 radical (unpaired) electrons. The van der Waals surface area contributed by atoms with Gasteiger partial charge < -0.3 is 10.8 Å². The second-order valence-electron chi connectivity index (χ2n) is 4.04. The van der Waals surface area contributed by atoms with Crippen LogP contribution in [0.25, 0.3) is 0 Å². The molecule has 0 aliphatic heterocycles. The number of carboxylic acids is 1. The van der Waals surface area contributed by atoms with Crippen LogP contribution in [0.4, 0.5) is 5.82 Å². The van der Waals surface area contributed by atoms with Crippen molar-refractivity contribution in [3.05, 3.63) is 46.4 Å². The highest BCUT2D eigenvalue weighted by molar-refractivity contribution is 7.98. The van der Waals surface area contributed by atoms with Gasteiger partial charge in [0.25, 0.3) is 0 Å². The largest absolute Gasteiger partial charge is 0.477 e. The number of aromatic nitrogens is 2. The molecule has 20 heavy (non-hydrogen) atoms. The van der Waals surface area contributed by atoms with Crippen LogP contribution in [0.5, 0.6) is 0 Å². The molecule has 1 heterocycles. The first kappa shape index (κ1) is 14.6. The number of carboxylic acid groups (broad SMARTS) is 1. The lowest BCUT2D eigenvalue weighted by molar-refractivity contribution is 0.0696. The molecule has 0 fully saturated rings. The monoisotopic (exact) mass is 309 g/mol. The number of nitrogens with zero attached hydrogens (tertiary/aromatic N) is 2. The van der Waals surface area contributed by atoms with Gasteiger partial charge in [0.15, 0.2) is 0 Å². The van der Waals surface area contributed by atoms with Crippen LogP contribution in [0, 0.1) is 6.92 Å². The summed E-state index contributed by atoms with van der Waals surface area (Å²) < 4.78 is 0. The fourth-order valence-electron chi connectivity index (χ4n) is 1.69. The number of thioether (sulfide) groups is 1. The summed E-state index contributed by atoms with van der Waals surface area (Å²) in [6.07, 6.45) is 0. The van der Waals surface area contributed by atoms with E-state index < -0.39 is 5.97 Å². The molecule has 3 N–H and O–H groups in total. The van der Waals surface area contributed by atoms with Crippen LogP contribution in [-0.2, 0) is 5.75 Å². The zero-order valence-electron chi connectivity index (χ0n) is 10.6. The highest BCUT2D eigenvalue weighted by atomic mass is 35.5. The molecular weight excluding hydrogens is 298 g/mol. The van der Waals surface area contributed by atoms with Gasteiger partial charge in [-0.15, -0.1) is 11.8 Å². The van der Waals surface area contributed by atoms with Crippen LogP contribution >= 0.6 is 23.4 Å². The molecule has 0 atom stereocenters. The molecule has 0 aliphatic carbocycles. The quantitative estimate of drug-likeness (QED) is 0.844. The van der Waals surface area contributed by atoms with Crippen molar-refractivity contribution in [3.63, 3.8) is 0 Å². The number of aromatic carboxylic acids is 1. The first-order valence-corrected chi connectivity index (χ1v) is 7.08. The maximum absolute atomic E-state index is 11.0. The Hall–Kier alpha value is -1.79. The Morgan fingerprint density at radius 3 is 2.80 bits per heavy atom. The van der Waals surface area contributed by atoms with Gasteiger partial charge in [-0.2, -0.15) is 0 Å². The van der Waals surface area contributed by atoms with E-state index in [9.17, 15) is 4.79 Å². The predicted molar refractivity (Wildman–Crippen MR) is 79.2 cm³/mol. The van der Waals surface area contributed by atoms with Gasteiger partial charge in [0.2, 0.25) is 0 Å². The van der Waals surface area contributed by atoms with Crippen LogP contribution in [0.1, 0.15) is 21.9 Å². The van der Waals surface area contributed by atoms with Gasteiger partial charge >= 0.3 is 5.97 Å². The summed E-state index contributed by atoms with van der Waals surface area (Å²) in [5.41, 5.74) is 5.98. The van der Waals surface area contributed by atoms with Gasteiger partial charge in [0.1, 0.15) is 17.2 Å². The van der Waals surface area contributed by atoms with Crippen LogP contribution in [0.3, 0.4) is 0 Å². The highest BCUT2D eigenvalue weighted by Crippen LogP contribution is 2.25. The molecule has 0 aliphatic rings. The molecule has 0 unspecified atom stereocenters. The normalized spacial score (nSPS) is 10.5. The minimum Gasteiger partial charge on any atom is -0.477 e. The van der Waals surface area contributed by atoms with Gasteiger partial charge in [0.05, 0.1) is 11.4 Å². The topological polar surface area (TPSA) is 89.1 Å². The summed E-state index contributed by atoms with van der Waals surface area (Å²) in [7, 11) is 0. The Balaban J connectivity index is 2.17. The number of anilines is 1. The number of carbonyl (C=O) groups is 1. The average molecular weight is 310 g/mol. The van der Waals surface area contributed by atoms with Crippen molar-refractivity contribution in [1.82, 2.24) is 9.97 Å². The van der Waals surface area contributed by atoms with E-state index in [2.05, 4.69) is 9.97 Å². The third kappa shape index (κ3) is 3.40. The molecule has 0 bridgehead atoms. The first-order chi connectivity index (χ1) is 9.47. The molecule has 1 aromatic heterocycles. The molecule has 0 spiro atoms. The van der Waals surface area contributed by atoms with E-state index in [1.165, 1.54) is 11.8 Å². The summed E-state index contributed by atoms with van der Waals surface area (Å²) in [5, 5.41) is 9.66. The van der Waals surface area contributed by atoms with E-state index >= 15 is 0 Å². The zero-order chi connectivity index (χ0) is 14.7. The maximum atomic E-state index is 11.0. The zero-order valence-corrected chi connectivity index (χ0v) is 12.2. The Labute approximate surface area is 125 Å². The number of nitrogens with two attached hydrogens (primary N) is 1. The first-order valence-electron chi connectivity index (χ1n) is 5.72. The minimum atomic E-state index is -1.12. The molecule has 2 rings (SSSR count). The number of aryl methyl sites for hydroxylation is 1. The number of hydrogen-bond donors (Lipinski definition) is 2. The molecule has 0 amide bonds. The third-order valence-corrected chi connectivity index (χ3v) is 3.77. The molecule has 1 aromatic carbocycles. The van der Waals surface area contributed by atoms with Crippen molar-refractivity contribution in [2.75, 3.05) is 5.73 Å². The fraction of sp³-hybridized carbons (Fsp3) is 0.154. The molecule has 0 saturated heterocycles. The van der Waals surface area contributed by atoms with Gasteiger partial charge in [-0.25, -0.2) is 14.8 Å². The fourth-order valence-corrected chi connectivity index (χ4v) is 2.75. The van der Waals surface area contributed by atoms with Crippen molar-refractivity contribution >= 4 is 35.1 Å². The molecular formula is C13H12ClN3O2S. The highest BCUT2D eigenvalue weighted by Gasteiger charge is 2.15. The lowest BCUT2D eigenvalue weighted by Crippen LogP contribution is -2.11. The second-order valence-corrected chi connectivity index (χ2v) is 5.52. The second kappa shape index (κ2) is 6.11. The summed E-state index contributed by atoms with van der Waals surface area (Å²) in [4.78, 5) is 20.2. The summed E-state index contributed by atoms with van der Waals surface area (Å²) in [5.74, 6) is -0.138. The Morgan fingerprint density at radius 2 is 2.20 bits per heavy atom. The van der Waals surface area contributed by atoms with Gasteiger partial charge in [0, 0.05) is 9.92 Å². The average Bonchev–Trinajstić information content (AvgIpc) is 2.35. The molecule has 2 aromatic rings. The van der Waals surface area contributed by atoms with Crippen molar-refractivity contribution < 1.29 is 9.90 Å². The number of benzene rings is 1. The molecule has 7 heteroatoms. The lowest BCUT2D eigenvalue weighted by atomic mass is 10.2.